The number of rotatable bonds is 6. The van der Waals surface area contributed by atoms with Gasteiger partial charge in [-0.25, -0.2) is 12.7 Å². The molecular formula is C25H28N4O6S. The minimum Gasteiger partial charge on any atom is -0.507 e. The first-order chi connectivity index (χ1) is 16.9. The smallest absolute Gasteiger partial charge is 0.296 e. The van der Waals surface area contributed by atoms with Gasteiger partial charge in [0.2, 0.25) is 10.0 Å². The molecule has 1 N–H and O–H groups in total. The summed E-state index contributed by atoms with van der Waals surface area (Å²) in [5.74, 6) is -2.94. The molecule has 2 aliphatic rings. The molecule has 2 aliphatic heterocycles. The third-order valence-electron chi connectivity index (χ3n) is 6.62. The highest BCUT2D eigenvalue weighted by Crippen LogP contribution is 2.53. The van der Waals surface area contributed by atoms with Crippen molar-refractivity contribution in [2.75, 3.05) is 53.2 Å². The lowest BCUT2D eigenvalue weighted by Crippen LogP contribution is -2.52. The van der Waals surface area contributed by atoms with Crippen molar-refractivity contribution in [3.05, 3.63) is 65.2 Å². The van der Waals surface area contributed by atoms with E-state index in [1.165, 1.54) is 48.2 Å². The number of nitrogens with zero attached hydrogens (tertiary/aromatic N) is 4. The number of carbonyl (C=O) groups is 3. The van der Waals surface area contributed by atoms with Gasteiger partial charge in [-0.2, -0.15) is 0 Å². The summed E-state index contributed by atoms with van der Waals surface area (Å²) in [6, 6.07) is 12.1. The summed E-state index contributed by atoms with van der Waals surface area (Å²) in [7, 11) is 4.26. The molecule has 1 unspecified atom stereocenters. The minimum absolute atomic E-state index is 0.00720. The Morgan fingerprint density at radius 3 is 2.17 bits per heavy atom. The van der Waals surface area contributed by atoms with Gasteiger partial charge >= 0.3 is 0 Å². The van der Waals surface area contributed by atoms with Crippen molar-refractivity contribution < 1.29 is 27.9 Å². The van der Waals surface area contributed by atoms with E-state index >= 15 is 0 Å². The quantitative estimate of drug-likeness (QED) is 0.349. The average Bonchev–Trinajstić information content (AvgIpc) is 3.20. The van der Waals surface area contributed by atoms with Crippen LogP contribution in [0.1, 0.15) is 11.1 Å². The summed E-state index contributed by atoms with van der Waals surface area (Å²) in [6.45, 7) is 0.452. The standard InChI is InChI=1S/C25H28N4O6S/c1-26(2)14-15-29-23(32)22(31)20(25(29)18-8-6-7-9-19(18)28(5)24(25)33)21(30)16-10-12-17(13-11-16)36(34,35)27(3)4/h6-13,30H,14-15H2,1-5H3. The number of likely N-dealkylation sites (N-methyl/N-ethyl adjacent to an activating group) is 2. The Bertz CT molecular complexity index is 1400. The minimum atomic E-state index is -3.72. The largest absolute Gasteiger partial charge is 0.507 e. The summed E-state index contributed by atoms with van der Waals surface area (Å²) in [5.41, 5.74) is -1.12. The molecule has 4 rings (SSSR count). The summed E-state index contributed by atoms with van der Waals surface area (Å²) < 4.78 is 25.9. The SMILES string of the molecule is CN(C)CCN1C(=O)C(=O)C(=C(O)c2ccc(S(=O)(=O)N(C)C)cc2)C12C(=O)N(C)c1ccccc12. The van der Waals surface area contributed by atoms with Crippen LogP contribution < -0.4 is 4.90 Å². The molecule has 0 bridgehead atoms. The first kappa shape index (κ1) is 25.5. The topological polar surface area (TPSA) is 119 Å². The highest BCUT2D eigenvalue weighted by atomic mass is 32.2. The molecule has 2 aromatic carbocycles. The van der Waals surface area contributed by atoms with Crippen molar-refractivity contribution in [2.45, 2.75) is 10.4 Å². The van der Waals surface area contributed by atoms with Gasteiger partial charge in [0, 0.05) is 51.0 Å². The van der Waals surface area contributed by atoms with Crippen molar-refractivity contribution in [3.63, 3.8) is 0 Å². The molecule has 36 heavy (non-hydrogen) atoms. The van der Waals surface area contributed by atoms with Gasteiger partial charge in [-0.15, -0.1) is 0 Å². The van der Waals surface area contributed by atoms with Crippen molar-refractivity contribution in [3.8, 4) is 0 Å². The summed E-state index contributed by atoms with van der Waals surface area (Å²) in [5, 5.41) is 11.4. The lowest BCUT2D eigenvalue weighted by Gasteiger charge is -2.34. The number of aliphatic hydroxyl groups is 1. The van der Waals surface area contributed by atoms with Crippen LogP contribution in [0.4, 0.5) is 5.69 Å². The fraction of sp³-hybridized carbons (Fsp3) is 0.320. The Balaban J connectivity index is 1.97. The van der Waals surface area contributed by atoms with Gasteiger partial charge in [0.25, 0.3) is 17.6 Å². The van der Waals surface area contributed by atoms with E-state index < -0.39 is 38.9 Å². The lowest BCUT2D eigenvalue weighted by atomic mass is 9.82. The maximum absolute atomic E-state index is 13.9. The van der Waals surface area contributed by atoms with Crippen molar-refractivity contribution in [1.82, 2.24) is 14.1 Å². The van der Waals surface area contributed by atoms with E-state index in [0.717, 1.165) is 4.31 Å². The molecule has 0 aromatic heterocycles. The lowest BCUT2D eigenvalue weighted by molar-refractivity contribution is -0.143. The molecule has 0 radical (unpaired) electrons. The summed E-state index contributed by atoms with van der Waals surface area (Å²) >= 11 is 0. The molecule has 0 saturated carbocycles. The van der Waals surface area contributed by atoms with Gasteiger partial charge in [0.15, 0.2) is 5.54 Å². The first-order valence-corrected chi connectivity index (χ1v) is 12.7. The number of aliphatic hydroxyl groups excluding tert-OH is 1. The van der Waals surface area contributed by atoms with E-state index in [2.05, 4.69) is 0 Å². The Hall–Kier alpha value is -3.54. The maximum atomic E-state index is 13.9. The molecule has 0 aliphatic carbocycles. The van der Waals surface area contributed by atoms with Crippen LogP contribution in [-0.2, 0) is 29.9 Å². The van der Waals surface area contributed by atoms with Crippen LogP contribution in [0.3, 0.4) is 0 Å². The van der Waals surface area contributed by atoms with E-state index in [4.69, 9.17) is 0 Å². The van der Waals surface area contributed by atoms with Gasteiger partial charge < -0.3 is 19.8 Å². The van der Waals surface area contributed by atoms with Crippen LogP contribution in [0.2, 0.25) is 0 Å². The van der Waals surface area contributed by atoms with Crippen LogP contribution in [-0.4, -0.2) is 93.6 Å². The Labute approximate surface area is 210 Å². The molecule has 1 spiro atoms. The van der Waals surface area contributed by atoms with Crippen LogP contribution in [0.5, 0.6) is 0 Å². The fourth-order valence-electron chi connectivity index (χ4n) is 4.71. The molecule has 2 amide bonds. The zero-order valence-corrected chi connectivity index (χ0v) is 21.5. The number of anilines is 1. The second-order valence-corrected chi connectivity index (χ2v) is 11.4. The molecule has 11 heteroatoms. The van der Waals surface area contributed by atoms with E-state index in [1.54, 1.807) is 31.3 Å². The average molecular weight is 513 g/mol. The number of hydrogen-bond donors (Lipinski definition) is 1. The number of sulfonamides is 1. The molecule has 190 valence electrons. The number of benzene rings is 2. The molecule has 1 saturated heterocycles. The Kier molecular flexibility index (Phi) is 6.27. The third-order valence-corrected chi connectivity index (χ3v) is 8.45. The van der Waals surface area contributed by atoms with Crippen LogP contribution in [0.25, 0.3) is 5.76 Å². The first-order valence-electron chi connectivity index (χ1n) is 11.2. The molecule has 2 aromatic rings. The van der Waals surface area contributed by atoms with E-state index in [9.17, 15) is 27.9 Å². The normalized spacial score (nSPS) is 21.4. The summed E-state index contributed by atoms with van der Waals surface area (Å²) in [4.78, 5) is 45.0. The van der Waals surface area contributed by atoms with Crippen LogP contribution in [0.15, 0.2) is 59.0 Å². The molecule has 1 atom stereocenters. The second-order valence-electron chi connectivity index (χ2n) is 9.22. The predicted octanol–water partition coefficient (Wildman–Crippen LogP) is 1.05. The Morgan fingerprint density at radius 1 is 0.972 bits per heavy atom. The Morgan fingerprint density at radius 2 is 1.58 bits per heavy atom. The third kappa shape index (κ3) is 3.54. The van der Waals surface area contributed by atoms with Gasteiger partial charge in [-0.1, -0.05) is 18.2 Å². The number of para-hydroxylation sites is 1. The number of likely N-dealkylation sites (tertiary alicyclic amines) is 1. The predicted molar refractivity (Wildman–Crippen MR) is 134 cm³/mol. The molecule has 1 fully saturated rings. The highest BCUT2D eigenvalue weighted by Gasteiger charge is 2.66. The number of fused-ring (bicyclic) bond motifs is 2. The number of amides is 2. The van der Waals surface area contributed by atoms with Crippen LogP contribution >= 0.6 is 0 Å². The second kappa shape index (κ2) is 8.84. The summed E-state index contributed by atoms with van der Waals surface area (Å²) in [6.07, 6.45) is 0. The van der Waals surface area contributed by atoms with Crippen LogP contribution in [0, 0.1) is 0 Å². The van der Waals surface area contributed by atoms with Crippen molar-refractivity contribution >= 4 is 39.1 Å². The highest BCUT2D eigenvalue weighted by molar-refractivity contribution is 7.89. The number of hydrogen-bond acceptors (Lipinski definition) is 7. The van der Waals surface area contributed by atoms with Gasteiger partial charge in [-0.3, -0.25) is 14.4 Å². The number of carbonyl (C=O) groups excluding carboxylic acids is 3. The molecular weight excluding hydrogens is 484 g/mol. The number of Topliss-reactive ketones (excluding diaryl/α,β-unsaturated/α-hetero) is 1. The van der Waals surface area contributed by atoms with Gasteiger partial charge in [0.1, 0.15) is 5.76 Å². The fourth-order valence-corrected chi connectivity index (χ4v) is 5.61. The van der Waals surface area contributed by atoms with E-state index in [0.29, 0.717) is 17.8 Å². The van der Waals surface area contributed by atoms with E-state index in [-0.39, 0.29) is 22.6 Å². The van der Waals surface area contributed by atoms with Crippen molar-refractivity contribution in [1.29, 1.82) is 0 Å². The molecule has 10 nitrogen and oxygen atoms in total. The molecule has 2 heterocycles. The zero-order valence-electron chi connectivity index (χ0n) is 20.7. The van der Waals surface area contributed by atoms with Gasteiger partial charge in [-0.05, 0) is 44.4 Å². The van der Waals surface area contributed by atoms with Gasteiger partial charge in [0.05, 0.1) is 10.5 Å². The maximum Gasteiger partial charge on any atom is 0.296 e. The monoisotopic (exact) mass is 512 g/mol. The van der Waals surface area contributed by atoms with E-state index in [1.807, 2.05) is 19.0 Å². The zero-order chi connectivity index (χ0) is 26.6. The number of ketones is 1. The van der Waals surface area contributed by atoms with Crippen molar-refractivity contribution in [2.24, 2.45) is 0 Å².